The Morgan fingerprint density at radius 1 is 1.26 bits per heavy atom. The van der Waals surface area contributed by atoms with Gasteiger partial charge in [-0.05, 0) is 23.8 Å². The second-order valence-corrected chi connectivity index (χ2v) is 6.69. The van der Waals surface area contributed by atoms with Crippen molar-refractivity contribution < 1.29 is 14.7 Å². The molecule has 1 aliphatic heterocycles. The van der Waals surface area contributed by atoms with Crippen molar-refractivity contribution in [3.05, 3.63) is 53.2 Å². The van der Waals surface area contributed by atoms with Crippen LogP contribution in [0.1, 0.15) is 49.0 Å². The number of ketones is 1. The molecule has 0 amide bonds. The van der Waals surface area contributed by atoms with Crippen LogP contribution in [0.2, 0.25) is 0 Å². The van der Waals surface area contributed by atoms with Crippen molar-refractivity contribution in [2.75, 3.05) is 6.54 Å². The SMILES string of the molecule is CC1(C)CN/C(=C/C(=O)c2ccc(/C=C/CCC(=O)O)cc2)C1. The molecular formula is C19H23NO3. The number of carboxylic acids is 1. The zero-order chi connectivity index (χ0) is 16.9. The third kappa shape index (κ3) is 5.40. The number of hydrogen-bond acceptors (Lipinski definition) is 3. The van der Waals surface area contributed by atoms with Crippen LogP contribution >= 0.6 is 0 Å². The summed E-state index contributed by atoms with van der Waals surface area (Å²) in [4.78, 5) is 22.7. The quantitative estimate of drug-likeness (QED) is 0.621. The second-order valence-electron chi connectivity index (χ2n) is 6.69. The maximum absolute atomic E-state index is 12.3. The summed E-state index contributed by atoms with van der Waals surface area (Å²) in [6.07, 6.45) is 6.91. The van der Waals surface area contributed by atoms with Gasteiger partial charge >= 0.3 is 5.97 Å². The molecule has 1 aliphatic rings. The number of allylic oxidation sites excluding steroid dienone is 3. The predicted molar refractivity (Wildman–Crippen MR) is 91.2 cm³/mol. The number of aliphatic carboxylic acids is 1. The molecule has 1 heterocycles. The first-order valence-corrected chi connectivity index (χ1v) is 7.83. The van der Waals surface area contributed by atoms with Gasteiger partial charge in [-0.25, -0.2) is 0 Å². The van der Waals surface area contributed by atoms with Gasteiger partial charge in [0.1, 0.15) is 0 Å². The predicted octanol–water partition coefficient (Wildman–Crippen LogP) is 3.65. The largest absolute Gasteiger partial charge is 0.481 e. The fourth-order valence-corrected chi connectivity index (χ4v) is 2.52. The van der Waals surface area contributed by atoms with Crippen LogP contribution in [0.3, 0.4) is 0 Å². The molecule has 1 fully saturated rings. The molecule has 0 atom stereocenters. The lowest BCUT2D eigenvalue weighted by Crippen LogP contribution is -2.15. The van der Waals surface area contributed by atoms with E-state index in [1.54, 1.807) is 18.2 Å². The number of nitrogens with one attached hydrogen (secondary N) is 1. The maximum Gasteiger partial charge on any atom is 0.303 e. The van der Waals surface area contributed by atoms with Gasteiger partial charge in [-0.1, -0.05) is 50.3 Å². The lowest BCUT2D eigenvalue weighted by atomic mass is 9.92. The van der Waals surface area contributed by atoms with Gasteiger partial charge in [-0.3, -0.25) is 9.59 Å². The van der Waals surface area contributed by atoms with E-state index in [-0.39, 0.29) is 17.6 Å². The van der Waals surface area contributed by atoms with Crippen LogP contribution < -0.4 is 5.32 Å². The highest BCUT2D eigenvalue weighted by molar-refractivity contribution is 6.05. The maximum atomic E-state index is 12.3. The minimum absolute atomic E-state index is 0.00612. The zero-order valence-corrected chi connectivity index (χ0v) is 13.6. The third-order valence-corrected chi connectivity index (χ3v) is 3.80. The molecule has 2 N–H and O–H groups in total. The summed E-state index contributed by atoms with van der Waals surface area (Å²) in [7, 11) is 0. The molecule has 0 aromatic heterocycles. The topological polar surface area (TPSA) is 66.4 Å². The van der Waals surface area contributed by atoms with E-state index in [0.717, 1.165) is 24.2 Å². The molecule has 0 bridgehead atoms. The molecule has 0 unspecified atom stereocenters. The summed E-state index contributed by atoms with van der Waals surface area (Å²) in [6, 6.07) is 7.34. The van der Waals surface area contributed by atoms with Crippen LogP contribution in [-0.4, -0.2) is 23.4 Å². The highest BCUT2D eigenvalue weighted by Gasteiger charge is 2.26. The molecule has 0 saturated carbocycles. The zero-order valence-electron chi connectivity index (χ0n) is 13.6. The highest BCUT2D eigenvalue weighted by atomic mass is 16.4. The Kier molecular flexibility index (Phi) is 5.37. The fraction of sp³-hybridized carbons (Fsp3) is 0.368. The Hall–Kier alpha value is -2.36. The summed E-state index contributed by atoms with van der Waals surface area (Å²) < 4.78 is 0. The average Bonchev–Trinajstić information content (AvgIpc) is 2.83. The number of hydrogen-bond donors (Lipinski definition) is 2. The second kappa shape index (κ2) is 7.27. The standard InChI is InChI=1S/C19H23NO3/c1-19(2)12-16(20-13-19)11-17(21)15-9-7-14(8-10-15)5-3-4-6-18(22)23/h3,5,7-11,20H,4,6,12-13H2,1-2H3,(H,22,23)/b5-3+,16-11+. The van der Waals surface area contributed by atoms with E-state index in [4.69, 9.17) is 5.11 Å². The van der Waals surface area contributed by atoms with Gasteiger partial charge in [0.15, 0.2) is 5.78 Å². The van der Waals surface area contributed by atoms with Crippen molar-refractivity contribution in [1.82, 2.24) is 5.32 Å². The number of benzene rings is 1. The van der Waals surface area contributed by atoms with E-state index in [2.05, 4.69) is 19.2 Å². The molecule has 4 heteroatoms. The molecule has 0 radical (unpaired) electrons. The Balaban J connectivity index is 1.95. The van der Waals surface area contributed by atoms with Gasteiger partial charge in [0.2, 0.25) is 0 Å². The van der Waals surface area contributed by atoms with Crippen molar-refractivity contribution >= 4 is 17.8 Å². The first-order valence-electron chi connectivity index (χ1n) is 7.83. The highest BCUT2D eigenvalue weighted by Crippen LogP contribution is 2.29. The van der Waals surface area contributed by atoms with E-state index < -0.39 is 5.97 Å². The van der Waals surface area contributed by atoms with Crippen LogP contribution in [0, 0.1) is 5.41 Å². The number of carboxylic acid groups (broad SMARTS) is 1. The van der Waals surface area contributed by atoms with Gasteiger partial charge in [0.05, 0.1) is 0 Å². The van der Waals surface area contributed by atoms with Gasteiger partial charge in [0, 0.05) is 30.3 Å². The molecule has 23 heavy (non-hydrogen) atoms. The number of rotatable bonds is 6. The van der Waals surface area contributed by atoms with Crippen molar-refractivity contribution in [2.24, 2.45) is 5.41 Å². The van der Waals surface area contributed by atoms with Crippen LogP contribution in [0.4, 0.5) is 0 Å². The minimum Gasteiger partial charge on any atom is -0.481 e. The van der Waals surface area contributed by atoms with Gasteiger partial charge in [-0.2, -0.15) is 0 Å². The minimum atomic E-state index is -0.799. The molecule has 4 nitrogen and oxygen atoms in total. The molecule has 1 aromatic carbocycles. The monoisotopic (exact) mass is 313 g/mol. The van der Waals surface area contributed by atoms with Crippen molar-refractivity contribution in [3.8, 4) is 0 Å². The smallest absolute Gasteiger partial charge is 0.303 e. The molecular weight excluding hydrogens is 290 g/mol. The number of carbonyl (C=O) groups excluding carboxylic acids is 1. The van der Waals surface area contributed by atoms with Crippen LogP contribution in [-0.2, 0) is 4.79 Å². The number of carbonyl (C=O) groups is 2. The molecule has 1 aromatic rings. The Labute approximate surface area is 136 Å². The molecule has 2 rings (SSSR count). The van der Waals surface area contributed by atoms with Crippen molar-refractivity contribution in [1.29, 1.82) is 0 Å². The summed E-state index contributed by atoms with van der Waals surface area (Å²) >= 11 is 0. The Morgan fingerprint density at radius 3 is 2.52 bits per heavy atom. The first kappa shape index (κ1) is 17.0. The van der Waals surface area contributed by atoms with E-state index in [9.17, 15) is 9.59 Å². The summed E-state index contributed by atoms with van der Waals surface area (Å²) in [5.74, 6) is -0.793. The van der Waals surface area contributed by atoms with Crippen molar-refractivity contribution in [3.63, 3.8) is 0 Å². The molecule has 1 saturated heterocycles. The summed E-state index contributed by atoms with van der Waals surface area (Å²) in [5.41, 5.74) is 2.82. The summed E-state index contributed by atoms with van der Waals surface area (Å²) in [6.45, 7) is 5.25. The van der Waals surface area contributed by atoms with Gasteiger partial charge in [0.25, 0.3) is 0 Å². The fourth-order valence-electron chi connectivity index (χ4n) is 2.52. The molecule has 0 spiro atoms. The van der Waals surface area contributed by atoms with Crippen LogP contribution in [0.5, 0.6) is 0 Å². The Morgan fingerprint density at radius 2 is 1.96 bits per heavy atom. The van der Waals surface area contributed by atoms with E-state index in [1.165, 1.54) is 0 Å². The van der Waals surface area contributed by atoms with E-state index in [1.807, 2.05) is 24.3 Å². The van der Waals surface area contributed by atoms with Crippen LogP contribution in [0.15, 0.2) is 42.1 Å². The lowest BCUT2D eigenvalue weighted by Gasteiger charge is -2.12. The first-order chi connectivity index (χ1) is 10.9. The molecule has 122 valence electrons. The average molecular weight is 313 g/mol. The normalized spacial score (nSPS) is 18.3. The van der Waals surface area contributed by atoms with Gasteiger partial charge < -0.3 is 10.4 Å². The Bertz CT molecular complexity index is 639. The van der Waals surface area contributed by atoms with Gasteiger partial charge in [-0.15, -0.1) is 0 Å². The third-order valence-electron chi connectivity index (χ3n) is 3.80. The van der Waals surface area contributed by atoms with E-state index >= 15 is 0 Å². The molecule has 0 aliphatic carbocycles. The lowest BCUT2D eigenvalue weighted by molar-refractivity contribution is -0.136. The van der Waals surface area contributed by atoms with E-state index in [0.29, 0.717) is 12.0 Å². The summed E-state index contributed by atoms with van der Waals surface area (Å²) in [5, 5.41) is 11.9. The van der Waals surface area contributed by atoms with Crippen LogP contribution in [0.25, 0.3) is 6.08 Å². The van der Waals surface area contributed by atoms with Crippen molar-refractivity contribution in [2.45, 2.75) is 33.1 Å².